The number of ether oxygens (including phenoxy) is 2. The quantitative estimate of drug-likeness (QED) is 0.219. The fourth-order valence-electron chi connectivity index (χ4n) is 1.90. The van der Waals surface area contributed by atoms with Gasteiger partial charge in [-0.05, 0) is 32.4 Å². The molecule has 0 fully saturated rings. The molecule has 0 aliphatic carbocycles. The van der Waals surface area contributed by atoms with Crippen molar-refractivity contribution in [1.29, 1.82) is 0 Å². The van der Waals surface area contributed by atoms with E-state index in [0.29, 0.717) is 17.6 Å². The Morgan fingerprint density at radius 3 is 2.23 bits per heavy atom. The van der Waals surface area contributed by atoms with Crippen molar-refractivity contribution in [3.63, 3.8) is 0 Å². The standard InChI is InChI=1S/C18H27N2O6/c1-18(2,11-10-16(21)25-13-12-20(3,4)5)17(22)26-15-8-6-14(7-9-15)19(23)24/h6-9H,10-13H2,1-5H3/q+1. The third-order valence-electron chi connectivity index (χ3n) is 3.79. The minimum absolute atomic E-state index is 0.0827. The molecule has 0 atom stereocenters. The van der Waals surface area contributed by atoms with E-state index in [1.165, 1.54) is 24.3 Å². The van der Waals surface area contributed by atoms with E-state index in [0.717, 1.165) is 0 Å². The Morgan fingerprint density at radius 1 is 1.15 bits per heavy atom. The molecule has 8 heteroatoms. The smallest absolute Gasteiger partial charge is 0.316 e. The van der Waals surface area contributed by atoms with Gasteiger partial charge in [0.25, 0.3) is 5.69 Å². The number of nitrogens with zero attached hydrogens (tertiary/aromatic N) is 2. The minimum Gasteiger partial charge on any atom is -0.460 e. The van der Waals surface area contributed by atoms with Crippen molar-refractivity contribution in [1.82, 2.24) is 0 Å². The van der Waals surface area contributed by atoms with Crippen molar-refractivity contribution >= 4 is 17.6 Å². The van der Waals surface area contributed by atoms with Gasteiger partial charge in [-0.2, -0.15) is 0 Å². The van der Waals surface area contributed by atoms with Crippen molar-refractivity contribution < 1.29 is 28.5 Å². The minimum atomic E-state index is -0.888. The Kier molecular flexibility index (Phi) is 7.26. The van der Waals surface area contributed by atoms with Crippen LogP contribution in [0.2, 0.25) is 0 Å². The molecule has 0 amide bonds. The maximum absolute atomic E-state index is 12.3. The SMILES string of the molecule is CC(C)(CCC(=O)OCC[N+](C)(C)C)C(=O)Oc1ccc([N+](=O)[O-])cc1. The normalized spacial score (nSPS) is 11.7. The second kappa shape index (κ2) is 8.75. The van der Waals surface area contributed by atoms with Crippen molar-refractivity contribution in [3.8, 4) is 5.75 Å². The van der Waals surface area contributed by atoms with Crippen molar-refractivity contribution in [2.24, 2.45) is 5.41 Å². The summed E-state index contributed by atoms with van der Waals surface area (Å²) in [6, 6.07) is 5.26. The molecule has 0 spiro atoms. The van der Waals surface area contributed by atoms with E-state index in [1.54, 1.807) is 13.8 Å². The van der Waals surface area contributed by atoms with Gasteiger partial charge in [0.2, 0.25) is 0 Å². The van der Waals surface area contributed by atoms with E-state index in [-0.39, 0.29) is 30.2 Å². The summed E-state index contributed by atoms with van der Waals surface area (Å²) in [4.78, 5) is 34.2. The van der Waals surface area contributed by atoms with E-state index in [9.17, 15) is 19.7 Å². The number of esters is 2. The summed E-state index contributed by atoms with van der Waals surface area (Å²) < 4.78 is 11.1. The fraction of sp³-hybridized carbons (Fsp3) is 0.556. The van der Waals surface area contributed by atoms with Crippen LogP contribution in [-0.2, 0) is 14.3 Å². The number of benzene rings is 1. The molecule has 0 unspecified atom stereocenters. The van der Waals surface area contributed by atoms with Crippen LogP contribution < -0.4 is 4.74 Å². The summed E-state index contributed by atoms with van der Waals surface area (Å²) >= 11 is 0. The van der Waals surface area contributed by atoms with Crippen LogP contribution >= 0.6 is 0 Å². The highest BCUT2D eigenvalue weighted by Gasteiger charge is 2.31. The summed E-state index contributed by atoms with van der Waals surface area (Å²) in [5.74, 6) is -0.639. The number of carbonyl (C=O) groups is 2. The lowest BCUT2D eigenvalue weighted by Crippen LogP contribution is -2.38. The summed E-state index contributed by atoms with van der Waals surface area (Å²) in [7, 11) is 6.02. The first-order valence-electron chi connectivity index (χ1n) is 8.33. The number of quaternary nitrogens is 1. The molecule has 26 heavy (non-hydrogen) atoms. The zero-order valence-electron chi connectivity index (χ0n) is 16.0. The Balaban J connectivity index is 2.49. The van der Waals surface area contributed by atoms with E-state index in [1.807, 2.05) is 21.1 Å². The van der Waals surface area contributed by atoms with Gasteiger partial charge in [0.15, 0.2) is 0 Å². The molecule has 1 aromatic rings. The molecule has 1 rings (SSSR count). The van der Waals surface area contributed by atoms with Crippen LogP contribution in [0.15, 0.2) is 24.3 Å². The van der Waals surface area contributed by atoms with Crippen LogP contribution in [0.4, 0.5) is 5.69 Å². The Bertz CT molecular complexity index is 647. The summed E-state index contributed by atoms with van der Waals surface area (Å²) in [6.07, 6.45) is 0.390. The lowest BCUT2D eigenvalue weighted by Gasteiger charge is -2.24. The Hall–Kier alpha value is -2.48. The molecule has 0 radical (unpaired) electrons. The fourth-order valence-corrected chi connectivity index (χ4v) is 1.90. The number of nitro groups is 1. The molecule has 0 N–H and O–H groups in total. The van der Waals surface area contributed by atoms with Crippen LogP contribution in [0.3, 0.4) is 0 Å². The molecule has 0 heterocycles. The Morgan fingerprint density at radius 2 is 1.73 bits per heavy atom. The van der Waals surface area contributed by atoms with Crippen molar-refractivity contribution in [2.45, 2.75) is 26.7 Å². The zero-order valence-corrected chi connectivity index (χ0v) is 16.0. The summed E-state index contributed by atoms with van der Waals surface area (Å²) in [5.41, 5.74) is -0.971. The highest BCUT2D eigenvalue weighted by Crippen LogP contribution is 2.26. The van der Waals surface area contributed by atoms with E-state index < -0.39 is 16.3 Å². The number of likely N-dealkylation sites (N-methyl/N-ethyl adjacent to an activating group) is 1. The average Bonchev–Trinajstić information content (AvgIpc) is 2.52. The van der Waals surface area contributed by atoms with Gasteiger partial charge >= 0.3 is 11.9 Å². The van der Waals surface area contributed by atoms with Gasteiger partial charge in [-0.15, -0.1) is 0 Å². The molecule has 0 bridgehead atoms. The number of nitro benzene ring substituents is 1. The van der Waals surface area contributed by atoms with E-state index >= 15 is 0 Å². The summed E-state index contributed by atoms with van der Waals surface area (Å²) in [5, 5.41) is 10.6. The maximum atomic E-state index is 12.3. The van der Waals surface area contributed by atoms with Crippen LogP contribution in [0.1, 0.15) is 26.7 Å². The third-order valence-corrected chi connectivity index (χ3v) is 3.79. The van der Waals surface area contributed by atoms with Crippen LogP contribution in [-0.4, -0.2) is 55.6 Å². The number of rotatable bonds is 9. The lowest BCUT2D eigenvalue weighted by atomic mass is 9.88. The largest absolute Gasteiger partial charge is 0.460 e. The second-order valence-corrected chi connectivity index (χ2v) is 7.76. The molecular formula is C18H27N2O6+. The number of hydrogen-bond donors (Lipinski definition) is 0. The van der Waals surface area contributed by atoms with Gasteiger partial charge in [0.05, 0.1) is 31.5 Å². The molecule has 8 nitrogen and oxygen atoms in total. The third kappa shape index (κ3) is 7.60. The van der Waals surface area contributed by atoms with Crippen molar-refractivity contribution in [3.05, 3.63) is 34.4 Å². The molecule has 0 saturated carbocycles. The number of hydrogen-bond acceptors (Lipinski definition) is 6. The molecular weight excluding hydrogens is 340 g/mol. The van der Waals surface area contributed by atoms with E-state index in [4.69, 9.17) is 9.47 Å². The van der Waals surface area contributed by atoms with Gasteiger partial charge in [-0.3, -0.25) is 19.7 Å². The van der Waals surface area contributed by atoms with E-state index in [2.05, 4.69) is 0 Å². The Labute approximate surface area is 153 Å². The molecule has 1 aromatic carbocycles. The molecule has 0 saturated heterocycles. The number of carbonyl (C=O) groups excluding carboxylic acids is 2. The first kappa shape index (κ1) is 21.6. The molecule has 0 aliphatic rings. The zero-order chi connectivity index (χ0) is 20.0. The van der Waals surface area contributed by atoms with Gasteiger partial charge < -0.3 is 14.0 Å². The van der Waals surface area contributed by atoms with Crippen LogP contribution in [0, 0.1) is 15.5 Å². The molecule has 0 aliphatic heterocycles. The lowest BCUT2D eigenvalue weighted by molar-refractivity contribution is -0.870. The average molecular weight is 367 g/mol. The van der Waals surface area contributed by atoms with Gasteiger partial charge in [0, 0.05) is 18.6 Å². The van der Waals surface area contributed by atoms with Crippen LogP contribution in [0.5, 0.6) is 5.75 Å². The number of non-ortho nitro benzene ring substituents is 1. The monoisotopic (exact) mass is 367 g/mol. The highest BCUT2D eigenvalue weighted by molar-refractivity contribution is 5.79. The van der Waals surface area contributed by atoms with Gasteiger partial charge in [0.1, 0.15) is 18.9 Å². The molecule has 0 aromatic heterocycles. The predicted octanol–water partition coefficient (Wildman–Crippen LogP) is 2.56. The molecule has 144 valence electrons. The van der Waals surface area contributed by atoms with Gasteiger partial charge in [-0.1, -0.05) is 0 Å². The summed E-state index contributed by atoms with van der Waals surface area (Å²) in [6.45, 7) is 4.40. The second-order valence-electron chi connectivity index (χ2n) is 7.76. The topological polar surface area (TPSA) is 95.7 Å². The first-order chi connectivity index (χ1) is 11.9. The highest BCUT2D eigenvalue weighted by atomic mass is 16.6. The van der Waals surface area contributed by atoms with Crippen molar-refractivity contribution in [2.75, 3.05) is 34.3 Å². The first-order valence-corrected chi connectivity index (χ1v) is 8.33. The van der Waals surface area contributed by atoms with Crippen LogP contribution in [0.25, 0.3) is 0 Å². The predicted molar refractivity (Wildman–Crippen MR) is 95.6 cm³/mol. The maximum Gasteiger partial charge on any atom is 0.316 e. The van der Waals surface area contributed by atoms with Gasteiger partial charge in [-0.25, -0.2) is 0 Å².